The summed E-state index contributed by atoms with van der Waals surface area (Å²) >= 11 is 12.3. The predicted molar refractivity (Wildman–Crippen MR) is 100 cm³/mol. The SMILES string of the molecule is Cc1nc(NCc2ccccc2F)cc(Nc2c(Cl)cccc2Cl)n1. The lowest BCUT2D eigenvalue weighted by atomic mass is 10.2. The van der Waals surface area contributed by atoms with Crippen LogP contribution in [0.5, 0.6) is 0 Å². The van der Waals surface area contributed by atoms with Gasteiger partial charge in [-0.2, -0.15) is 0 Å². The number of para-hydroxylation sites is 1. The van der Waals surface area contributed by atoms with Gasteiger partial charge in [-0.1, -0.05) is 47.5 Å². The number of aromatic nitrogens is 2. The predicted octanol–water partition coefficient (Wildman–Crippen LogP) is 5.59. The maximum Gasteiger partial charge on any atom is 0.136 e. The molecule has 128 valence electrons. The smallest absolute Gasteiger partial charge is 0.136 e. The van der Waals surface area contributed by atoms with Gasteiger partial charge in [0.15, 0.2) is 0 Å². The largest absolute Gasteiger partial charge is 0.366 e. The third kappa shape index (κ3) is 4.38. The fourth-order valence-electron chi connectivity index (χ4n) is 2.30. The summed E-state index contributed by atoms with van der Waals surface area (Å²) in [4.78, 5) is 8.64. The second-order valence-electron chi connectivity index (χ2n) is 5.35. The minimum atomic E-state index is -0.262. The summed E-state index contributed by atoms with van der Waals surface area (Å²) in [5.74, 6) is 1.41. The Kier molecular flexibility index (Phi) is 5.36. The van der Waals surface area contributed by atoms with E-state index in [1.54, 1.807) is 49.4 Å². The summed E-state index contributed by atoms with van der Waals surface area (Å²) in [7, 11) is 0. The van der Waals surface area contributed by atoms with Gasteiger partial charge < -0.3 is 10.6 Å². The standard InChI is InChI=1S/C18H15Cl2FN4/c1-11-23-16(22-10-12-5-2-3-8-15(12)21)9-17(24-11)25-18-13(19)6-4-7-14(18)20/h2-9H,10H2,1H3,(H2,22,23,24,25). The highest BCUT2D eigenvalue weighted by molar-refractivity contribution is 6.39. The second-order valence-corrected chi connectivity index (χ2v) is 6.17. The van der Waals surface area contributed by atoms with Crippen LogP contribution in [-0.4, -0.2) is 9.97 Å². The van der Waals surface area contributed by atoms with Gasteiger partial charge in [0.25, 0.3) is 0 Å². The van der Waals surface area contributed by atoms with Crippen molar-refractivity contribution in [1.29, 1.82) is 0 Å². The number of anilines is 3. The van der Waals surface area contributed by atoms with Crippen LogP contribution in [0.4, 0.5) is 21.7 Å². The Labute approximate surface area is 155 Å². The molecule has 3 rings (SSSR count). The average Bonchev–Trinajstić information content (AvgIpc) is 2.57. The van der Waals surface area contributed by atoms with E-state index in [9.17, 15) is 4.39 Å². The van der Waals surface area contributed by atoms with Gasteiger partial charge in [0, 0.05) is 18.2 Å². The minimum Gasteiger partial charge on any atom is -0.366 e. The van der Waals surface area contributed by atoms with E-state index in [1.165, 1.54) is 6.07 Å². The lowest BCUT2D eigenvalue weighted by Crippen LogP contribution is -2.06. The first-order chi connectivity index (χ1) is 12.0. The van der Waals surface area contributed by atoms with Crippen molar-refractivity contribution < 1.29 is 4.39 Å². The molecule has 25 heavy (non-hydrogen) atoms. The van der Waals surface area contributed by atoms with Crippen LogP contribution in [0.3, 0.4) is 0 Å². The maximum absolute atomic E-state index is 13.7. The Morgan fingerprint density at radius 1 is 0.960 bits per heavy atom. The van der Waals surface area contributed by atoms with Crippen molar-refractivity contribution in [2.75, 3.05) is 10.6 Å². The quantitative estimate of drug-likeness (QED) is 0.609. The van der Waals surface area contributed by atoms with Crippen LogP contribution >= 0.6 is 23.2 Å². The molecule has 2 N–H and O–H groups in total. The molecule has 0 spiro atoms. The number of aryl methyl sites for hydroxylation is 1. The van der Waals surface area contributed by atoms with E-state index in [0.29, 0.717) is 45.3 Å². The molecule has 3 aromatic rings. The summed E-state index contributed by atoms with van der Waals surface area (Å²) < 4.78 is 13.7. The molecule has 0 aliphatic carbocycles. The number of hydrogen-bond donors (Lipinski definition) is 2. The fraction of sp³-hybridized carbons (Fsp3) is 0.111. The molecule has 0 aliphatic heterocycles. The Morgan fingerprint density at radius 2 is 1.64 bits per heavy atom. The summed E-state index contributed by atoms with van der Waals surface area (Å²) in [6.45, 7) is 2.09. The van der Waals surface area contributed by atoms with Gasteiger partial charge in [0.05, 0.1) is 15.7 Å². The zero-order valence-corrected chi connectivity index (χ0v) is 14.9. The summed E-state index contributed by atoms with van der Waals surface area (Å²) in [6, 6.07) is 13.5. The number of hydrogen-bond acceptors (Lipinski definition) is 4. The van der Waals surface area contributed by atoms with Gasteiger partial charge >= 0.3 is 0 Å². The van der Waals surface area contributed by atoms with Crippen LogP contribution < -0.4 is 10.6 Å². The third-order valence-corrected chi connectivity index (χ3v) is 4.10. The van der Waals surface area contributed by atoms with Crippen LogP contribution in [0.1, 0.15) is 11.4 Å². The van der Waals surface area contributed by atoms with Crippen LogP contribution in [0.25, 0.3) is 0 Å². The first-order valence-electron chi connectivity index (χ1n) is 7.57. The third-order valence-electron chi connectivity index (χ3n) is 3.47. The number of benzene rings is 2. The normalized spacial score (nSPS) is 10.6. The van der Waals surface area contributed by atoms with Crippen LogP contribution in [0.15, 0.2) is 48.5 Å². The van der Waals surface area contributed by atoms with E-state index >= 15 is 0 Å². The molecule has 0 saturated heterocycles. The molecule has 0 unspecified atom stereocenters. The fourth-order valence-corrected chi connectivity index (χ4v) is 2.79. The lowest BCUT2D eigenvalue weighted by molar-refractivity contribution is 0.613. The molecule has 7 heteroatoms. The van der Waals surface area contributed by atoms with Crippen LogP contribution in [-0.2, 0) is 6.54 Å². The van der Waals surface area contributed by atoms with Gasteiger partial charge in [-0.3, -0.25) is 0 Å². The highest BCUT2D eigenvalue weighted by Crippen LogP contribution is 2.32. The lowest BCUT2D eigenvalue weighted by Gasteiger charge is -2.12. The topological polar surface area (TPSA) is 49.8 Å². The monoisotopic (exact) mass is 376 g/mol. The average molecular weight is 377 g/mol. The molecule has 1 heterocycles. The summed E-state index contributed by atoms with van der Waals surface area (Å²) in [6.07, 6.45) is 0. The molecule has 0 saturated carbocycles. The van der Waals surface area contributed by atoms with E-state index in [-0.39, 0.29) is 5.82 Å². The Balaban J connectivity index is 1.80. The van der Waals surface area contributed by atoms with E-state index in [1.807, 2.05) is 0 Å². The molecule has 0 fully saturated rings. The first kappa shape index (κ1) is 17.5. The molecule has 0 atom stereocenters. The minimum absolute atomic E-state index is 0.262. The Morgan fingerprint density at radius 3 is 2.36 bits per heavy atom. The van der Waals surface area contributed by atoms with Crippen LogP contribution in [0, 0.1) is 12.7 Å². The van der Waals surface area contributed by atoms with Gasteiger partial charge in [0.2, 0.25) is 0 Å². The first-order valence-corrected chi connectivity index (χ1v) is 8.32. The molecular formula is C18H15Cl2FN4. The van der Waals surface area contributed by atoms with Crippen molar-refractivity contribution in [2.24, 2.45) is 0 Å². The van der Waals surface area contributed by atoms with Crippen molar-refractivity contribution in [2.45, 2.75) is 13.5 Å². The van der Waals surface area contributed by atoms with Crippen molar-refractivity contribution >= 4 is 40.5 Å². The molecule has 4 nitrogen and oxygen atoms in total. The number of rotatable bonds is 5. The molecular weight excluding hydrogens is 362 g/mol. The summed E-state index contributed by atoms with van der Waals surface area (Å²) in [5, 5.41) is 7.18. The second kappa shape index (κ2) is 7.68. The maximum atomic E-state index is 13.7. The van der Waals surface area contributed by atoms with Gasteiger partial charge in [-0.15, -0.1) is 0 Å². The highest BCUT2D eigenvalue weighted by Gasteiger charge is 2.09. The van der Waals surface area contributed by atoms with Crippen molar-refractivity contribution in [3.8, 4) is 0 Å². The van der Waals surface area contributed by atoms with E-state index in [0.717, 1.165) is 0 Å². The van der Waals surface area contributed by atoms with E-state index in [2.05, 4.69) is 20.6 Å². The van der Waals surface area contributed by atoms with Gasteiger partial charge in [0.1, 0.15) is 23.3 Å². The Bertz CT molecular complexity index is 882. The summed E-state index contributed by atoms with van der Waals surface area (Å²) in [5.41, 5.74) is 1.13. The molecule has 0 bridgehead atoms. The zero-order chi connectivity index (χ0) is 17.8. The van der Waals surface area contributed by atoms with Crippen molar-refractivity contribution in [3.63, 3.8) is 0 Å². The molecule has 1 aromatic heterocycles. The van der Waals surface area contributed by atoms with Gasteiger partial charge in [-0.05, 0) is 25.1 Å². The molecule has 0 radical (unpaired) electrons. The number of nitrogens with zero attached hydrogens (tertiary/aromatic N) is 2. The van der Waals surface area contributed by atoms with Crippen molar-refractivity contribution in [3.05, 3.63) is 75.8 Å². The van der Waals surface area contributed by atoms with Crippen molar-refractivity contribution in [1.82, 2.24) is 9.97 Å². The highest BCUT2D eigenvalue weighted by atomic mass is 35.5. The van der Waals surface area contributed by atoms with E-state index < -0.39 is 0 Å². The number of halogens is 3. The van der Waals surface area contributed by atoms with Gasteiger partial charge in [-0.25, -0.2) is 14.4 Å². The molecule has 2 aromatic carbocycles. The van der Waals surface area contributed by atoms with E-state index in [4.69, 9.17) is 23.2 Å². The molecule has 0 aliphatic rings. The van der Waals surface area contributed by atoms with Crippen LogP contribution in [0.2, 0.25) is 10.0 Å². The Hall–Kier alpha value is -2.37. The zero-order valence-electron chi connectivity index (χ0n) is 13.4. The number of nitrogens with one attached hydrogen (secondary N) is 2. The molecule has 0 amide bonds.